The number of rotatable bonds is 6. The maximum absolute atomic E-state index is 12.8. The molecule has 144 valence electrons. The Kier molecular flexibility index (Phi) is 6.01. The van der Waals surface area contributed by atoms with Crippen molar-refractivity contribution in [3.05, 3.63) is 54.1 Å². The summed E-state index contributed by atoms with van der Waals surface area (Å²) in [4.78, 5) is 17.0. The molecule has 27 heavy (non-hydrogen) atoms. The van der Waals surface area contributed by atoms with Gasteiger partial charge in [-0.15, -0.1) is 0 Å². The highest BCUT2D eigenvalue weighted by molar-refractivity contribution is 5.96. The molecule has 2 aromatic rings. The monoisotopic (exact) mass is 368 g/mol. The van der Waals surface area contributed by atoms with Crippen molar-refractivity contribution >= 4 is 11.6 Å². The lowest BCUT2D eigenvalue weighted by atomic mass is 10.0. The third kappa shape index (κ3) is 4.61. The summed E-state index contributed by atoms with van der Waals surface area (Å²) < 4.78 is 5.29. The minimum Gasteiger partial charge on any atom is -0.508 e. The number of ether oxygens (including phenoxy) is 1. The number of hydrogen-bond acceptors (Lipinski definition) is 4. The van der Waals surface area contributed by atoms with E-state index in [2.05, 4.69) is 18.7 Å². The Bertz CT molecular complexity index is 775. The number of aromatic hydroxyl groups is 1. The largest absolute Gasteiger partial charge is 0.508 e. The first-order valence-electron chi connectivity index (χ1n) is 9.46. The van der Waals surface area contributed by atoms with Crippen molar-refractivity contribution in [3.63, 3.8) is 0 Å². The van der Waals surface area contributed by atoms with Gasteiger partial charge in [0.25, 0.3) is 0 Å². The van der Waals surface area contributed by atoms with Gasteiger partial charge in [-0.3, -0.25) is 9.69 Å². The maximum Gasteiger partial charge on any atom is 0.241 e. The quantitative estimate of drug-likeness (QED) is 0.848. The first-order valence-corrected chi connectivity index (χ1v) is 9.46. The van der Waals surface area contributed by atoms with Crippen LogP contribution in [0.3, 0.4) is 0 Å². The molecule has 1 fully saturated rings. The third-order valence-electron chi connectivity index (χ3n) is 5.29. The van der Waals surface area contributed by atoms with Crippen molar-refractivity contribution < 1.29 is 14.6 Å². The molecule has 0 aromatic heterocycles. The number of nitrogens with zero attached hydrogens (tertiary/aromatic N) is 2. The number of piperazine rings is 1. The zero-order valence-corrected chi connectivity index (χ0v) is 16.3. The van der Waals surface area contributed by atoms with Crippen LogP contribution in [0.25, 0.3) is 0 Å². The molecule has 5 nitrogen and oxygen atoms in total. The Labute approximate surface area is 161 Å². The van der Waals surface area contributed by atoms with Crippen molar-refractivity contribution in [1.29, 1.82) is 0 Å². The normalized spacial score (nSPS) is 19.1. The minimum atomic E-state index is 0.106. The summed E-state index contributed by atoms with van der Waals surface area (Å²) in [6.07, 6.45) is 1.91. The van der Waals surface area contributed by atoms with Crippen LogP contribution in [0, 0.1) is 0 Å². The topological polar surface area (TPSA) is 53.0 Å². The summed E-state index contributed by atoms with van der Waals surface area (Å²) in [6, 6.07) is 15.5. The lowest BCUT2D eigenvalue weighted by Gasteiger charge is -2.42. The fraction of sp³-hybridized carbons (Fsp3) is 0.409. The molecule has 1 saturated heterocycles. The minimum absolute atomic E-state index is 0.106. The number of phenols is 1. The second-order valence-corrected chi connectivity index (χ2v) is 7.30. The van der Waals surface area contributed by atoms with Crippen LogP contribution in [-0.2, 0) is 11.2 Å². The van der Waals surface area contributed by atoms with E-state index >= 15 is 0 Å². The summed E-state index contributed by atoms with van der Waals surface area (Å²) in [5.74, 6) is 1.18. The smallest absolute Gasteiger partial charge is 0.241 e. The number of carbonyl (C=O) groups is 1. The summed E-state index contributed by atoms with van der Waals surface area (Å²) >= 11 is 0. The van der Waals surface area contributed by atoms with Gasteiger partial charge in [-0.2, -0.15) is 0 Å². The molecule has 1 amide bonds. The zero-order chi connectivity index (χ0) is 19.4. The third-order valence-corrected chi connectivity index (χ3v) is 5.29. The van der Waals surface area contributed by atoms with Crippen LogP contribution >= 0.6 is 0 Å². The van der Waals surface area contributed by atoms with Gasteiger partial charge in [0.2, 0.25) is 5.91 Å². The Morgan fingerprint density at radius 2 is 1.96 bits per heavy atom. The van der Waals surface area contributed by atoms with Crippen molar-refractivity contribution in [2.45, 2.75) is 38.8 Å². The van der Waals surface area contributed by atoms with E-state index in [-0.39, 0.29) is 11.9 Å². The Hall–Kier alpha value is -2.53. The van der Waals surface area contributed by atoms with Crippen molar-refractivity contribution in [2.75, 3.05) is 25.1 Å². The van der Waals surface area contributed by atoms with Crippen LogP contribution < -0.4 is 9.64 Å². The summed E-state index contributed by atoms with van der Waals surface area (Å²) in [5, 5.41) is 9.39. The summed E-state index contributed by atoms with van der Waals surface area (Å²) in [7, 11) is 1.64. The average Bonchev–Trinajstić information content (AvgIpc) is 2.67. The second kappa shape index (κ2) is 8.44. The lowest BCUT2D eigenvalue weighted by Crippen LogP contribution is -2.57. The molecule has 3 rings (SSSR count). The fourth-order valence-electron chi connectivity index (χ4n) is 3.70. The molecule has 1 aliphatic rings. The van der Waals surface area contributed by atoms with E-state index in [4.69, 9.17) is 4.74 Å². The molecular weight excluding hydrogens is 340 g/mol. The molecule has 5 heteroatoms. The molecule has 2 atom stereocenters. The van der Waals surface area contributed by atoms with E-state index in [1.165, 1.54) is 5.56 Å². The van der Waals surface area contributed by atoms with E-state index in [0.29, 0.717) is 18.3 Å². The molecule has 0 saturated carbocycles. The molecule has 2 aromatic carbocycles. The lowest BCUT2D eigenvalue weighted by molar-refractivity contribution is -0.122. The Balaban J connectivity index is 1.61. The van der Waals surface area contributed by atoms with Crippen LogP contribution in [0.4, 0.5) is 5.69 Å². The Morgan fingerprint density at radius 1 is 1.22 bits per heavy atom. The van der Waals surface area contributed by atoms with Gasteiger partial charge in [-0.05, 0) is 56.5 Å². The SMILES string of the molecule is COc1cccc(N2C(=O)CN([C@@H](C)CCc3ccc(O)cc3)C[C@H]2C)c1. The second-order valence-electron chi connectivity index (χ2n) is 7.30. The molecule has 0 unspecified atom stereocenters. The van der Waals surface area contributed by atoms with Gasteiger partial charge in [0.05, 0.1) is 13.7 Å². The molecule has 1 N–H and O–H groups in total. The zero-order valence-electron chi connectivity index (χ0n) is 16.3. The number of carbonyl (C=O) groups excluding carboxylic acids is 1. The highest BCUT2D eigenvalue weighted by Crippen LogP contribution is 2.26. The molecule has 0 spiro atoms. The van der Waals surface area contributed by atoms with Gasteiger partial charge in [-0.25, -0.2) is 0 Å². The number of hydrogen-bond donors (Lipinski definition) is 1. The van der Waals surface area contributed by atoms with Gasteiger partial charge >= 0.3 is 0 Å². The van der Waals surface area contributed by atoms with Gasteiger partial charge < -0.3 is 14.7 Å². The number of phenolic OH excluding ortho intramolecular Hbond substituents is 1. The molecule has 0 aliphatic carbocycles. The Morgan fingerprint density at radius 3 is 2.63 bits per heavy atom. The van der Waals surface area contributed by atoms with Gasteiger partial charge in [0.1, 0.15) is 11.5 Å². The van der Waals surface area contributed by atoms with Gasteiger partial charge in [0.15, 0.2) is 0 Å². The van der Waals surface area contributed by atoms with E-state index in [1.807, 2.05) is 41.3 Å². The predicted molar refractivity (Wildman–Crippen MR) is 107 cm³/mol. The van der Waals surface area contributed by atoms with Crippen LogP contribution in [0.2, 0.25) is 0 Å². The van der Waals surface area contributed by atoms with Crippen LogP contribution in [0.5, 0.6) is 11.5 Å². The number of aryl methyl sites for hydroxylation is 1. The van der Waals surface area contributed by atoms with E-state index < -0.39 is 0 Å². The molecule has 1 aliphatic heterocycles. The molecule has 1 heterocycles. The number of benzene rings is 2. The van der Waals surface area contributed by atoms with Gasteiger partial charge in [-0.1, -0.05) is 18.2 Å². The number of methoxy groups -OCH3 is 1. The van der Waals surface area contributed by atoms with Crippen LogP contribution in [0.1, 0.15) is 25.8 Å². The van der Waals surface area contributed by atoms with Gasteiger partial charge in [0, 0.05) is 30.4 Å². The first kappa shape index (κ1) is 19.2. The van der Waals surface area contributed by atoms with Crippen LogP contribution in [0.15, 0.2) is 48.5 Å². The van der Waals surface area contributed by atoms with Crippen molar-refractivity contribution in [2.24, 2.45) is 0 Å². The van der Waals surface area contributed by atoms with E-state index in [1.54, 1.807) is 19.2 Å². The van der Waals surface area contributed by atoms with E-state index in [0.717, 1.165) is 30.8 Å². The van der Waals surface area contributed by atoms with E-state index in [9.17, 15) is 9.90 Å². The molecular formula is C22H28N2O3. The molecule has 0 radical (unpaired) electrons. The highest BCUT2D eigenvalue weighted by Gasteiger charge is 2.32. The highest BCUT2D eigenvalue weighted by atomic mass is 16.5. The standard InChI is InChI=1S/C22H28N2O3/c1-16(7-8-18-9-11-20(25)12-10-18)23-14-17(2)24(22(26)15-23)19-5-4-6-21(13-19)27-3/h4-6,9-13,16-17,25H,7-8,14-15H2,1-3H3/t16-,17+/m0/s1. The summed E-state index contributed by atoms with van der Waals surface area (Å²) in [5.41, 5.74) is 2.09. The van der Waals surface area contributed by atoms with Crippen LogP contribution in [-0.4, -0.2) is 48.2 Å². The molecule has 0 bridgehead atoms. The predicted octanol–water partition coefficient (Wildman–Crippen LogP) is 3.46. The van der Waals surface area contributed by atoms with Crippen molar-refractivity contribution in [1.82, 2.24) is 4.90 Å². The fourth-order valence-corrected chi connectivity index (χ4v) is 3.70. The van der Waals surface area contributed by atoms with Crippen molar-refractivity contribution in [3.8, 4) is 11.5 Å². The first-order chi connectivity index (χ1) is 13.0. The number of anilines is 1. The maximum atomic E-state index is 12.8. The summed E-state index contributed by atoms with van der Waals surface area (Å²) in [6.45, 7) is 5.55. The average molecular weight is 368 g/mol. The number of amides is 1.